The van der Waals surface area contributed by atoms with Gasteiger partial charge in [0.1, 0.15) is 5.75 Å². The van der Waals surface area contributed by atoms with Crippen molar-refractivity contribution in [2.75, 3.05) is 11.9 Å². The van der Waals surface area contributed by atoms with Crippen LogP contribution >= 0.6 is 0 Å². The van der Waals surface area contributed by atoms with E-state index in [0.717, 1.165) is 22.3 Å². The summed E-state index contributed by atoms with van der Waals surface area (Å²) in [6.45, 7) is 7.47. The second-order valence-electron chi connectivity index (χ2n) is 5.82. The number of nitro groups is 1. The molecule has 0 aliphatic rings. The van der Waals surface area contributed by atoms with E-state index in [9.17, 15) is 14.9 Å². The van der Waals surface area contributed by atoms with E-state index in [-0.39, 0.29) is 18.2 Å². The number of nitrogens with zero attached hydrogens (tertiary/aromatic N) is 1. The number of ether oxygens (including phenoxy) is 1. The van der Waals surface area contributed by atoms with E-state index in [1.54, 1.807) is 13.0 Å². The molecular weight excluding hydrogens is 308 g/mol. The molecule has 0 aromatic heterocycles. The third-order valence-corrected chi connectivity index (χ3v) is 3.66. The van der Waals surface area contributed by atoms with Gasteiger partial charge < -0.3 is 10.1 Å². The highest BCUT2D eigenvalue weighted by Crippen LogP contribution is 2.25. The molecule has 6 nitrogen and oxygen atoms in total. The molecule has 126 valence electrons. The number of amides is 1. The van der Waals surface area contributed by atoms with Gasteiger partial charge in [0.25, 0.3) is 11.6 Å². The SMILES string of the molecule is Cc1cc(C)c(OCC(=O)Nc2cc([N+](=O)[O-])ccc2C)c(C)c1. The molecule has 0 radical (unpaired) electrons. The summed E-state index contributed by atoms with van der Waals surface area (Å²) in [5, 5.41) is 13.5. The number of non-ortho nitro benzene ring substituents is 1. The second kappa shape index (κ2) is 7.12. The van der Waals surface area contributed by atoms with Crippen LogP contribution in [0.1, 0.15) is 22.3 Å². The minimum absolute atomic E-state index is 0.0676. The zero-order valence-electron chi connectivity index (χ0n) is 14.2. The van der Waals surface area contributed by atoms with Crippen molar-refractivity contribution < 1.29 is 14.5 Å². The Morgan fingerprint density at radius 1 is 1.08 bits per heavy atom. The number of carbonyl (C=O) groups is 1. The molecule has 0 spiro atoms. The van der Waals surface area contributed by atoms with E-state index in [2.05, 4.69) is 5.32 Å². The lowest BCUT2D eigenvalue weighted by Gasteiger charge is -2.13. The van der Waals surface area contributed by atoms with Crippen LogP contribution < -0.4 is 10.1 Å². The lowest BCUT2D eigenvalue weighted by atomic mass is 10.1. The summed E-state index contributed by atoms with van der Waals surface area (Å²) >= 11 is 0. The number of hydrogen-bond acceptors (Lipinski definition) is 4. The summed E-state index contributed by atoms with van der Waals surface area (Å²) < 4.78 is 5.63. The standard InChI is InChI=1S/C18H20N2O4/c1-11-7-13(3)18(14(4)8-11)24-10-17(21)19-16-9-15(20(22)23)6-5-12(16)2/h5-9H,10H2,1-4H3,(H,19,21). The highest BCUT2D eigenvalue weighted by molar-refractivity contribution is 5.93. The highest BCUT2D eigenvalue weighted by Gasteiger charge is 2.12. The molecule has 0 saturated carbocycles. The summed E-state index contributed by atoms with van der Waals surface area (Å²) in [6, 6.07) is 8.33. The zero-order chi connectivity index (χ0) is 17.9. The predicted molar refractivity (Wildman–Crippen MR) is 92.6 cm³/mol. The monoisotopic (exact) mass is 328 g/mol. The number of carbonyl (C=O) groups excluding carboxylic acids is 1. The van der Waals surface area contributed by atoms with Crippen molar-refractivity contribution in [2.24, 2.45) is 0 Å². The molecule has 2 aromatic rings. The molecule has 0 aliphatic heterocycles. The Morgan fingerprint density at radius 3 is 2.29 bits per heavy atom. The van der Waals surface area contributed by atoms with Crippen molar-refractivity contribution in [1.82, 2.24) is 0 Å². The first-order chi connectivity index (χ1) is 11.3. The molecule has 0 saturated heterocycles. The third-order valence-electron chi connectivity index (χ3n) is 3.66. The van der Waals surface area contributed by atoms with Crippen molar-refractivity contribution in [3.05, 3.63) is 62.7 Å². The number of rotatable bonds is 5. The predicted octanol–water partition coefficient (Wildman–Crippen LogP) is 3.85. The minimum atomic E-state index is -0.495. The van der Waals surface area contributed by atoms with Crippen LogP contribution in [0.15, 0.2) is 30.3 Å². The smallest absolute Gasteiger partial charge is 0.271 e. The Kier molecular flexibility index (Phi) is 5.18. The normalized spacial score (nSPS) is 10.3. The number of hydrogen-bond donors (Lipinski definition) is 1. The maximum Gasteiger partial charge on any atom is 0.271 e. The first kappa shape index (κ1) is 17.5. The first-order valence-corrected chi connectivity index (χ1v) is 7.53. The maximum absolute atomic E-state index is 12.1. The Balaban J connectivity index is 2.07. The van der Waals surface area contributed by atoms with Crippen LogP contribution in [0.4, 0.5) is 11.4 Å². The van der Waals surface area contributed by atoms with Crippen molar-refractivity contribution in [3.8, 4) is 5.75 Å². The summed E-state index contributed by atoms with van der Waals surface area (Å²) in [5.41, 5.74) is 4.15. The molecule has 0 atom stereocenters. The fourth-order valence-electron chi connectivity index (χ4n) is 2.58. The molecule has 0 fully saturated rings. The third kappa shape index (κ3) is 4.10. The topological polar surface area (TPSA) is 81.5 Å². The van der Waals surface area contributed by atoms with Crippen LogP contribution in [-0.2, 0) is 4.79 Å². The molecule has 6 heteroatoms. The molecule has 0 aliphatic carbocycles. The van der Waals surface area contributed by atoms with Gasteiger partial charge in [0.15, 0.2) is 6.61 Å². The van der Waals surface area contributed by atoms with Crippen LogP contribution in [0.2, 0.25) is 0 Å². The van der Waals surface area contributed by atoms with Crippen molar-refractivity contribution in [1.29, 1.82) is 0 Å². The molecule has 1 N–H and O–H groups in total. The van der Waals surface area contributed by atoms with Crippen LogP contribution in [0, 0.1) is 37.8 Å². The lowest BCUT2D eigenvalue weighted by molar-refractivity contribution is -0.384. The second-order valence-corrected chi connectivity index (χ2v) is 5.82. The number of nitrogens with one attached hydrogen (secondary N) is 1. The maximum atomic E-state index is 12.1. The van der Waals surface area contributed by atoms with E-state index < -0.39 is 4.92 Å². The van der Waals surface area contributed by atoms with Crippen molar-refractivity contribution >= 4 is 17.3 Å². The van der Waals surface area contributed by atoms with Gasteiger partial charge in [0, 0.05) is 12.1 Å². The average molecular weight is 328 g/mol. The van der Waals surface area contributed by atoms with Gasteiger partial charge in [-0.3, -0.25) is 14.9 Å². The van der Waals surface area contributed by atoms with Gasteiger partial charge in [-0.15, -0.1) is 0 Å². The number of aryl methyl sites for hydroxylation is 4. The van der Waals surface area contributed by atoms with Gasteiger partial charge >= 0.3 is 0 Å². The fourth-order valence-corrected chi connectivity index (χ4v) is 2.58. The molecule has 1 amide bonds. The van der Waals surface area contributed by atoms with E-state index in [4.69, 9.17) is 4.74 Å². The largest absolute Gasteiger partial charge is 0.483 e. The Hall–Kier alpha value is -2.89. The minimum Gasteiger partial charge on any atom is -0.483 e. The summed E-state index contributed by atoms with van der Waals surface area (Å²) in [4.78, 5) is 22.4. The molecule has 0 bridgehead atoms. The summed E-state index contributed by atoms with van der Waals surface area (Å²) in [5.74, 6) is 0.324. The van der Waals surface area contributed by atoms with Gasteiger partial charge in [0.05, 0.1) is 10.6 Å². The van der Waals surface area contributed by atoms with E-state index in [0.29, 0.717) is 11.4 Å². The molecular formula is C18H20N2O4. The Morgan fingerprint density at radius 2 is 1.71 bits per heavy atom. The molecule has 2 rings (SSSR count). The van der Waals surface area contributed by atoms with Gasteiger partial charge in [-0.05, 0) is 44.4 Å². The highest BCUT2D eigenvalue weighted by atomic mass is 16.6. The van der Waals surface area contributed by atoms with E-state index >= 15 is 0 Å². The van der Waals surface area contributed by atoms with Gasteiger partial charge in [0.2, 0.25) is 0 Å². The van der Waals surface area contributed by atoms with Gasteiger partial charge in [-0.1, -0.05) is 23.8 Å². The van der Waals surface area contributed by atoms with Gasteiger partial charge in [-0.2, -0.15) is 0 Å². The van der Waals surface area contributed by atoms with Crippen LogP contribution in [0.5, 0.6) is 5.75 Å². The first-order valence-electron chi connectivity index (χ1n) is 7.53. The van der Waals surface area contributed by atoms with Crippen LogP contribution in [0.3, 0.4) is 0 Å². The number of nitro benzene ring substituents is 1. The average Bonchev–Trinajstić information content (AvgIpc) is 2.48. The molecule has 0 heterocycles. The Labute approximate surface area is 140 Å². The van der Waals surface area contributed by atoms with Gasteiger partial charge in [-0.25, -0.2) is 0 Å². The lowest BCUT2D eigenvalue weighted by Crippen LogP contribution is -2.21. The molecule has 24 heavy (non-hydrogen) atoms. The summed E-state index contributed by atoms with van der Waals surface area (Å²) in [7, 11) is 0. The molecule has 2 aromatic carbocycles. The van der Waals surface area contributed by atoms with E-state index in [1.165, 1.54) is 12.1 Å². The number of benzene rings is 2. The van der Waals surface area contributed by atoms with E-state index in [1.807, 2.05) is 32.9 Å². The summed E-state index contributed by atoms with van der Waals surface area (Å²) in [6.07, 6.45) is 0. The number of anilines is 1. The van der Waals surface area contributed by atoms with Crippen molar-refractivity contribution in [2.45, 2.75) is 27.7 Å². The Bertz CT molecular complexity index is 777. The zero-order valence-corrected chi connectivity index (χ0v) is 14.2. The quantitative estimate of drug-likeness (QED) is 0.668. The fraction of sp³-hybridized carbons (Fsp3) is 0.278. The van der Waals surface area contributed by atoms with Crippen LogP contribution in [0.25, 0.3) is 0 Å². The van der Waals surface area contributed by atoms with Crippen molar-refractivity contribution in [3.63, 3.8) is 0 Å². The molecule has 0 unspecified atom stereocenters. The van der Waals surface area contributed by atoms with Crippen LogP contribution in [-0.4, -0.2) is 17.4 Å².